The van der Waals surface area contributed by atoms with Crippen LogP contribution in [0.25, 0.3) is 0 Å². The van der Waals surface area contributed by atoms with E-state index in [2.05, 4.69) is 17.2 Å². The molecule has 0 saturated heterocycles. The summed E-state index contributed by atoms with van der Waals surface area (Å²) in [4.78, 5) is 12.0. The lowest BCUT2D eigenvalue weighted by molar-refractivity contribution is 0.102. The van der Waals surface area contributed by atoms with E-state index in [4.69, 9.17) is 0 Å². The SMILES string of the molecule is C=C(C)CNc1ccc(NC(=O)c2ccccc2)c(O)c1. The number of anilines is 2. The smallest absolute Gasteiger partial charge is 0.255 e. The fourth-order valence-electron chi connectivity index (χ4n) is 1.78. The third kappa shape index (κ3) is 4.11. The first kappa shape index (κ1) is 14.7. The molecule has 108 valence electrons. The number of rotatable bonds is 5. The van der Waals surface area contributed by atoms with Crippen molar-refractivity contribution in [3.05, 3.63) is 66.2 Å². The van der Waals surface area contributed by atoms with Crippen LogP contribution >= 0.6 is 0 Å². The lowest BCUT2D eigenvalue weighted by Crippen LogP contribution is -2.11. The highest BCUT2D eigenvalue weighted by molar-refractivity contribution is 6.05. The number of carbonyl (C=O) groups is 1. The number of aromatic hydroxyl groups is 1. The minimum atomic E-state index is -0.256. The predicted octanol–water partition coefficient (Wildman–Crippen LogP) is 3.63. The summed E-state index contributed by atoms with van der Waals surface area (Å²) in [5.41, 5.74) is 2.69. The van der Waals surface area contributed by atoms with E-state index in [0.29, 0.717) is 17.8 Å². The maximum absolute atomic E-state index is 12.0. The quantitative estimate of drug-likeness (QED) is 0.579. The minimum Gasteiger partial charge on any atom is -0.506 e. The number of hydrogen-bond acceptors (Lipinski definition) is 3. The minimum absolute atomic E-state index is 0.0194. The van der Waals surface area contributed by atoms with Crippen LogP contribution in [0.5, 0.6) is 5.75 Å². The Morgan fingerprint density at radius 1 is 1.19 bits per heavy atom. The molecule has 0 spiro atoms. The molecule has 0 aliphatic carbocycles. The molecule has 0 fully saturated rings. The standard InChI is InChI=1S/C17H18N2O2/c1-12(2)11-18-14-8-9-15(16(20)10-14)19-17(21)13-6-4-3-5-7-13/h3-10,18,20H,1,11H2,2H3,(H,19,21). The van der Waals surface area contributed by atoms with Gasteiger partial charge in [0, 0.05) is 23.9 Å². The molecule has 0 saturated carbocycles. The van der Waals surface area contributed by atoms with Gasteiger partial charge in [-0.1, -0.05) is 30.4 Å². The van der Waals surface area contributed by atoms with Crippen molar-refractivity contribution in [2.24, 2.45) is 0 Å². The summed E-state index contributed by atoms with van der Waals surface area (Å²) in [6.07, 6.45) is 0. The molecular weight excluding hydrogens is 264 g/mol. The van der Waals surface area contributed by atoms with Gasteiger partial charge in [-0.2, -0.15) is 0 Å². The number of hydrogen-bond donors (Lipinski definition) is 3. The van der Waals surface area contributed by atoms with E-state index in [9.17, 15) is 9.90 Å². The van der Waals surface area contributed by atoms with Crippen molar-refractivity contribution < 1.29 is 9.90 Å². The number of phenolic OH excluding ortho intramolecular Hbond substituents is 1. The summed E-state index contributed by atoms with van der Waals surface area (Å²) in [7, 11) is 0. The molecule has 0 aromatic heterocycles. The summed E-state index contributed by atoms with van der Waals surface area (Å²) >= 11 is 0. The van der Waals surface area contributed by atoms with E-state index >= 15 is 0 Å². The molecule has 0 aliphatic rings. The lowest BCUT2D eigenvalue weighted by atomic mass is 10.2. The Kier molecular flexibility index (Phi) is 4.61. The van der Waals surface area contributed by atoms with Gasteiger partial charge in [-0.25, -0.2) is 0 Å². The highest BCUT2D eigenvalue weighted by atomic mass is 16.3. The van der Waals surface area contributed by atoms with E-state index < -0.39 is 0 Å². The van der Waals surface area contributed by atoms with E-state index in [1.165, 1.54) is 0 Å². The third-order valence-corrected chi connectivity index (χ3v) is 2.88. The van der Waals surface area contributed by atoms with Crippen LogP contribution in [-0.2, 0) is 0 Å². The Morgan fingerprint density at radius 2 is 1.90 bits per heavy atom. The molecule has 2 aromatic carbocycles. The van der Waals surface area contributed by atoms with Crippen LogP contribution in [0.3, 0.4) is 0 Å². The Hall–Kier alpha value is -2.75. The Labute approximate surface area is 124 Å². The second-order valence-corrected chi connectivity index (χ2v) is 4.86. The highest BCUT2D eigenvalue weighted by Gasteiger charge is 2.08. The van der Waals surface area contributed by atoms with E-state index in [1.807, 2.05) is 13.0 Å². The van der Waals surface area contributed by atoms with Crippen molar-refractivity contribution in [1.82, 2.24) is 0 Å². The summed E-state index contributed by atoms with van der Waals surface area (Å²) in [5.74, 6) is -0.237. The van der Waals surface area contributed by atoms with Crippen LogP contribution in [0.15, 0.2) is 60.7 Å². The zero-order valence-electron chi connectivity index (χ0n) is 11.9. The first-order valence-electron chi connectivity index (χ1n) is 6.64. The van der Waals surface area contributed by atoms with Crippen molar-refractivity contribution in [3.8, 4) is 5.75 Å². The molecule has 2 aromatic rings. The molecule has 21 heavy (non-hydrogen) atoms. The summed E-state index contributed by atoms with van der Waals surface area (Å²) < 4.78 is 0. The largest absolute Gasteiger partial charge is 0.506 e. The van der Waals surface area contributed by atoms with Crippen molar-refractivity contribution >= 4 is 17.3 Å². The maximum Gasteiger partial charge on any atom is 0.255 e. The van der Waals surface area contributed by atoms with E-state index in [-0.39, 0.29) is 11.7 Å². The van der Waals surface area contributed by atoms with Crippen molar-refractivity contribution in [3.63, 3.8) is 0 Å². The first-order valence-corrected chi connectivity index (χ1v) is 6.64. The van der Waals surface area contributed by atoms with Gasteiger partial charge in [0.25, 0.3) is 5.91 Å². The Bertz CT molecular complexity index is 651. The number of benzene rings is 2. The van der Waals surface area contributed by atoms with Crippen LogP contribution in [0.1, 0.15) is 17.3 Å². The van der Waals surface area contributed by atoms with Crippen LogP contribution < -0.4 is 10.6 Å². The van der Waals surface area contributed by atoms with Gasteiger partial charge in [-0.3, -0.25) is 4.79 Å². The molecule has 0 unspecified atom stereocenters. The number of carbonyl (C=O) groups excluding carboxylic acids is 1. The van der Waals surface area contributed by atoms with Gasteiger partial charge in [-0.05, 0) is 31.2 Å². The Morgan fingerprint density at radius 3 is 2.52 bits per heavy atom. The van der Waals surface area contributed by atoms with Gasteiger partial charge >= 0.3 is 0 Å². The lowest BCUT2D eigenvalue weighted by Gasteiger charge is -2.10. The topological polar surface area (TPSA) is 61.4 Å². The fourth-order valence-corrected chi connectivity index (χ4v) is 1.78. The van der Waals surface area contributed by atoms with Crippen LogP contribution in [0, 0.1) is 0 Å². The number of phenols is 1. The average Bonchev–Trinajstić information content (AvgIpc) is 2.48. The maximum atomic E-state index is 12.0. The molecule has 1 amide bonds. The average molecular weight is 282 g/mol. The normalized spacial score (nSPS) is 9.95. The van der Waals surface area contributed by atoms with Gasteiger partial charge in [0.2, 0.25) is 0 Å². The third-order valence-electron chi connectivity index (χ3n) is 2.88. The molecule has 4 heteroatoms. The monoisotopic (exact) mass is 282 g/mol. The Balaban J connectivity index is 2.07. The highest BCUT2D eigenvalue weighted by Crippen LogP contribution is 2.27. The molecule has 4 nitrogen and oxygen atoms in total. The van der Waals surface area contributed by atoms with E-state index in [1.54, 1.807) is 42.5 Å². The predicted molar refractivity (Wildman–Crippen MR) is 85.8 cm³/mol. The molecule has 0 bridgehead atoms. The van der Waals surface area contributed by atoms with Crippen molar-refractivity contribution in [1.29, 1.82) is 0 Å². The second-order valence-electron chi connectivity index (χ2n) is 4.86. The first-order chi connectivity index (χ1) is 10.1. The number of amides is 1. The zero-order chi connectivity index (χ0) is 15.2. The van der Waals surface area contributed by atoms with E-state index in [0.717, 1.165) is 11.3 Å². The second kappa shape index (κ2) is 6.61. The summed E-state index contributed by atoms with van der Waals surface area (Å²) in [6, 6.07) is 13.9. The van der Waals surface area contributed by atoms with Crippen molar-refractivity contribution in [2.75, 3.05) is 17.2 Å². The zero-order valence-corrected chi connectivity index (χ0v) is 11.9. The van der Waals surface area contributed by atoms with Gasteiger partial charge < -0.3 is 15.7 Å². The van der Waals surface area contributed by atoms with Crippen LogP contribution in [-0.4, -0.2) is 17.6 Å². The summed E-state index contributed by atoms with van der Waals surface area (Å²) in [5, 5.41) is 15.8. The molecule has 2 rings (SSSR count). The number of nitrogens with one attached hydrogen (secondary N) is 2. The van der Waals surface area contributed by atoms with Gasteiger partial charge in [-0.15, -0.1) is 0 Å². The van der Waals surface area contributed by atoms with Gasteiger partial charge in [0.15, 0.2) is 0 Å². The molecule has 0 radical (unpaired) electrons. The van der Waals surface area contributed by atoms with Crippen molar-refractivity contribution in [2.45, 2.75) is 6.92 Å². The van der Waals surface area contributed by atoms with Gasteiger partial charge in [0.1, 0.15) is 5.75 Å². The van der Waals surface area contributed by atoms with Crippen LogP contribution in [0.4, 0.5) is 11.4 Å². The fraction of sp³-hybridized carbons (Fsp3) is 0.118. The molecule has 3 N–H and O–H groups in total. The molecule has 0 heterocycles. The molecular formula is C17H18N2O2. The van der Waals surface area contributed by atoms with Crippen LogP contribution in [0.2, 0.25) is 0 Å². The summed E-state index contributed by atoms with van der Waals surface area (Å²) in [6.45, 7) is 6.35. The molecule has 0 aliphatic heterocycles. The molecule has 0 atom stereocenters. The van der Waals surface area contributed by atoms with Gasteiger partial charge in [0.05, 0.1) is 5.69 Å².